The molecule has 0 atom stereocenters. The molecule has 13 rings (SSSR count). The largest absolute Gasteiger partial charge is 0.309 e. The van der Waals surface area contributed by atoms with E-state index in [2.05, 4.69) is 276 Å². The second-order valence-electron chi connectivity index (χ2n) is 17.7. The van der Waals surface area contributed by atoms with Crippen LogP contribution in [0, 0.1) is 0 Å². The normalized spacial score (nSPS) is 11.5. The molecule has 0 radical (unpaired) electrons. The third-order valence-electron chi connectivity index (χ3n) is 13.7. The van der Waals surface area contributed by atoms with E-state index in [1.165, 1.54) is 110 Å². The Kier molecular flexibility index (Phi) is 9.54. The van der Waals surface area contributed by atoms with Gasteiger partial charge in [0.05, 0.1) is 22.1 Å². The monoisotopic (exact) mass is 864 g/mol. The first-order valence-electron chi connectivity index (χ1n) is 23.4. The number of rotatable bonds is 8. The predicted octanol–water partition coefficient (Wildman–Crippen LogP) is 17.9. The highest BCUT2D eigenvalue weighted by molar-refractivity contribution is 6.12. The first kappa shape index (κ1) is 39.4. The van der Waals surface area contributed by atoms with Crippen molar-refractivity contribution in [2.45, 2.75) is 0 Å². The van der Waals surface area contributed by atoms with Gasteiger partial charge >= 0.3 is 0 Å². The summed E-state index contributed by atoms with van der Waals surface area (Å²) >= 11 is 0. The molecule has 11 aromatic carbocycles. The Balaban J connectivity index is 0.825. The minimum absolute atomic E-state index is 1.14. The van der Waals surface area contributed by atoms with E-state index < -0.39 is 0 Å². The van der Waals surface area contributed by atoms with Gasteiger partial charge in [0.25, 0.3) is 0 Å². The summed E-state index contributed by atoms with van der Waals surface area (Å²) in [7, 11) is 0. The fraction of sp³-hybridized carbons (Fsp3) is 0. The summed E-state index contributed by atoms with van der Waals surface area (Å²) in [6.07, 6.45) is 0. The summed E-state index contributed by atoms with van der Waals surface area (Å²) in [6, 6.07) is 97.3. The first-order chi connectivity index (χ1) is 33.7. The maximum Gasteiger partial charge on any atom is 0.0547 e. The van der Waals surface area contributed by atoms with Crippen molar-refractivity contribution in [3.8, 4) is 78.1 Å². The lowest BCUT2D eigenvalue weighted by Gasteiger charge is -2.12. The van der Waals surface area contributed by atoms with Crippen LogP contribution in [0.1, 0.15) is 0 Å². The van der Waals surface area contributed by atoms with Gasteiger partial charge in [-0.15, -0.1) is 0 Å². The lowest BCUT2D eigenvalue weighted by Crippen LogP contribution is -1.94. The second-order valence-corrected chi connectivity index (χ2v) is 17.7. The molecule has 68 heavy (non-hydrogen) atoms. The van der Waals surface area contributed by atoms with E-state index in [-0.39, 0.29) is 0 Å². The topological polar surface area (TPSA) is 9.86 Å². The molecule has 0 fully saturated rings. The van der Waals surface area contributed by atoms with Crippen LogP contribution >= 0.6 is 0 Å². The van der Waals surface area contributed by atoms with Crippen molar-refractivity contribution in [1.82, 2.24) is 9.13 Å². The van der Waals surface area contributed by atoms with Gasteiger partial charge in [-0.25, -0.2) is 0 Å². The minimum Gasteiger partial charge on any atom is -0.309 e. The average Bonchev–Trinajstić information content (AvgIpc) is 3.94. The Morgan fingerprint density at radius 1 is 0.162 bits per heavy atom. The maximum atomic E-state index is 2.42. The van der Waals surface area contributed by atoms with Crippen LogP contribution in [0.2, 0.25) is 0 Å². The van der Waals surface area contributed by atoms with E-state index in [0.717, 1.165) is 11.4 Å². The Hall–Kier alpha value is -8.98. The number of nitrogens with zero attached hydrogens (tertiary/aromatic N) is 2. The highest BCUT2D eigenvalue weighted by atomic mass is 15.0. The van der Waals surface area contributed by atoms with Gasteiger partial charge in [-0.3, -0.25) is 0 Å². The average molecular weight is 865 g/mol. The molecule has 0 aliphatic rings. The second kappa shape index (κ2) is 16.5. The molecule has 0 aliphatic heterocycles. The fourth-order valence-electron chi connectivity index (χ4n) is 10.4. The van der Waals surface area contributed by atoms with Crippen LogP contribution in [0.25, 0.3) is 122 Å². The number of para-hydroxylation sites is 2. The van der Waals surface area contributed by atoms with E-state index in [9.17, 15) is 0 Å². The number of fused-ring (bicyclic) bond motifs is 6. The quantitative estimate of drug-likeness (QED) is 0.144. The summed E-state index contributed by atoms with van der Waals surface area (Å²) in [4.78, 5) is 0. The molecule has 0 saturated carbocycles. The SMILES string of the molecule is c1ccc(-c2cccc(-c3cccc(-c4ccc(-c5ccc(-n6c7ccccc7c7ccc(-c8ccc9c(c8)c8ccccc8n9-c8cccc(-c9ccccc9)c8)cc76)cc5)cc4)c3)c2)cc1. The van der Waals surface area contributed by atoms with E-state index in [0.29, 0.717) is 0 Å². The number of benzene rings is 11. The van der Waals surface area contributed by atoms with Crippen LogP contribution in [-0.4, -0.2) is 9.13 Å². The van der Waals surface area contributed by atoms with Crippen molar-refractivity contribution < 1.29 is 0 Å². The van der Waals surface area contributed by atoms with Crippen molar-refractivity contribution in [1.29, 1.82) is 0 Å². The Morgan fingerprint density at radius 3 is 1.12 bits per heavy atom. The van der Waals surface area contributed by atoms with Gasteiger partial charge in [-0.05, 0) is 133 Å². The molecule has 0 unspecified atom stereocenters. The van der Waals surface area contributed by atoms with Gasteiger partial charge in [0.15, 0.2) is 0 Å². The first-order valence-corrected chi connectivity index (χ1v) is 23.4. The van der Waals surface area contributed by atoms with Crippen molar-refractivity contribution in [2.75, 3.05) is 0 Å². The summed E-state index contributed by atoms with van der Waals surface area (Å²) in [5, 5.41) is 4.98. The summed E-state index contributed by atoms with van der Waals surface area (Å²) < 4.78 is 4.83. The third-order valence-corrected chi connectivity index (χ3v) is 13.7. The Morgan fingerprint density at radius 2 is 0.515 bits per heavy atom. The Labute approximate surface area is 395 Å². The van der Waals surface area contributed by atoms with E-state index in [4.69, 9.17) is 0 Å². The molecular weight excluding hydrogens is 821 g/mol. The van der Waals surface area contributed by atoms with Crippen LogP contribution in [-0.2, 0) is 0 Å². The molecule has 0 saturated heterocycles. The van der Waals surface area contributed by atoms with Gasteiger partial charge in [-0.2, -0.15) is 0 Å². The zero-order chi connectivity index (χ0) is 45.0. The molecule has 2 nitrogen and oxygen atoms in total. The van der Waals surface area contributed by atoms with Gasteiger partial charge in [0.1, 0.15) is 0 Å². The smallest absolute Gasteiger partial charge is 0.0547 e. The number of hydrogen-bond donors (Lipinski definition) is 0. The molecule has 0 aliphatic carbocycles. The standard InChI is InChI=1S/C66H44N2/c1-3-14-45(15-4-1)50-18-11-20-52(40-50)53-21-12-19-51(41-53)49-30-28-47(29-31-49)48-32-36-57(37-33-48)67-63-26-9-7-24-59(63)61-38-34-56(44-66(61)67)55-35-39-65-62(43-55)60-25-8-10-27-64(60)68(65)58-23-13-22-54(42-58)46-16-5-2-6-17-46/h1-44H. The summed E-state index contributed by atoms with van der Waals surface area (Å²) in [5.74, 6) is 0. The van der Waals surface area contributed by atoms with E-state index in [1.807, 2.05) is 0 Å². The highest BCUT2D eigenvalue weighted by Gasteiger charge is 2.17. The Bertz CT molecular complexity index is 3990. The highest BCUT2D eigenvalue weighted by Crippen LogP contribution is 2.39. The van der Waals surface area contributed by atoms with Crippen molar-refractivity contribution >= 4 is 43.6 Å². The number of hydrogen-bond acceptors (Lipinski definition) is 0. The zero-order valence-corrected chi connectivity index (χ0v) is 37.3. The molecule has 2 heteroatoms. The molecular formula is C66H44N2. The molecule has 0 N–H and O–H groups in total. The summed E-state index contributed by atoms with van der Waals surface area (Å²) in [6.45, 7) is 0. The zero-order valence-electron chi connectivity index (χ0n) is 37.3. The number of aromatic nitrogens is 2. The molecule has 2 heterocycles. The lowest BCUT2D eigenvalue weighted by molar-refractivity contribution is 1.18. The molecule has 2 aromatic heterocycles. The van der Waals surface area contributed by atoms with Gasteiger partial charge in [-0.1, -0.05) is 200 Å². The minimum atomic E-state index is 1.14. The molecule has 0 bridgehead atoms. The maximum absolute atomic E-state index is 2.42. The summed E-state index contributed by atoms with van der Waals surface area (Å²) in [5.41, 5.74) is 21.5. The fourth-order valence-corrected chi connectivity index (χ4v) is 10.4. The van der Waals surface area contributed by atoms with Gasteiger partial charge < -0.3 is 9.13 Å². The van der Waals surface area contributed by atoms with Crippen molar-refractivity contribution in [3.63, 3.8) is 0 Å². The van der Waals surface area contributed by atoms with Gasteiger partial charge in [0, 0.05) is 32.9 Å². The lowest BCUT2D eigenvalue weighted by atomic mass is 9.95. The van der Waals surface area contributed by atoms with E-state index in [1.54, 1.807) is 0 Å². The molecule has 0 amide bonds. The molecule has 318 valence electrons. The van der Waals surface area contributed by atoms with Crippen LogP contribution < -0.4 is 0 Å². The molecule has 13 aromatic rings. The van der Waals surface area contributed by atoms with Crippen LogP contribution in [0.5, 0.6) is 0 Å². The van der Waals surface area contributed by atoms with Crippen molar-refractivity contribution in [3.05, 3.63) is 267 Å². The third kappa shape index (κ3) is 6.90. The van der Waals surface area contributed by atoms with Crippen molar-refractivity contribution in [2.24, 2.45) is 0 Å². The van der Waals surface area contributed by atoms with Gasteiger partial charge in [0.2, 0.25) is 0 Å². The van der Waals surface area contributed by atoms with Crippen LogP contribution in [0.15, 0.2) is 267 Å². The predicted molar refractivity (Wildman–Crippen MR) is 288 cm³/mol. The van der Waals surface area contributed by atoms with Crippen LogP contribution in [0.3, 0.4) is 0 Å². The van der Waals surface area contributed by atoms with Crippen LogP contribution in [0.4, 0.5) is 0 Å². The van der Waals surface area contributed by atoms with E-state index >= 15 is 0 Å². The molecule has 0 spiro atoms.